The Morgan fingerprint density at radius 1 is 1.50 bits per heavy atom. The second-order valence-electron chi connectivity index (χ2n) is 3.44. The van der Waals surface area contributed by atoms with E-state index in [4.69, 9.17) is 10.8 Å². The van der Waals surface area contributed by atoms with Gasteiger partial charge in [-0.1, -0.05) is 30.3 Å². The maximum atomic E-state index is 10.3. The molecule has 1 aromatic rings. The molecule has 1 aromatic carbocycles. The summed E-state index contributed by atoms with van der Waals surface area (Å²) in [5.74, 6) is 0. The monoisotopic (exact) mass is 194 g/mol. The number of carboxylic acid groups (broad SMARTS) is 1. The standard InChI is InChI=1S/C10H14N2O2/c1-10(11,7-12-9(13)14)8-5-3-2-4-6-8/h2-6,12H,7,11H2,1H3,(H,13,14). The Hall–Kier alpha value is -1.55. The summed E-state index contributed by atoms with van der Waals surface area (Å²) in [7, 11) is 0. The van der Waals surface area contributed by atoms with Crippen LogP contribution < -0.4 is 11.1 Å². The van der Waals surface area contributed by atoms with Crippen LogP contribution in [-0.4, -0.2) is 17.7 Å². The molecular weight excluding hydrogens is 180 g/mol. The van der Waals surface area contributed by atoms with Gasteiger partial charge in [-0.05, 0) is 12.5 Å². The van der Waals surface area contributed by atoms with Crippen molar-refractivity contribution in [2.45, 2.75) is 12.5 Å². The van der Waals surface area contributed by atoms with Gasteiger partial charge < -0.3 is 16.2 Å². The molecule has 76 valence electrons. The first-order chi connectivity index (χ1) is 6.52. The zero-order chi connectivity index (χ0) is 10.6. The van der Waals surface area contributed by atoms with Gasteiger partial charge in [0.25, 0.3) is 0 Å². The summed E-state index contributed by atoms with van der Waals surface area (Å²) in [6, 6.07) is 9.40. The van der Waals surface area contributed by atoms with Gasteiger partial charge in [-0.3, -0.25) is 0 Å². The lowest BCUT2D eigenvalue weighted by atomic mass is 9.93. The average molecular weight is 194 g/mol. The zero-order valence-corrected chi connectivity index (χ0v) is 8.03. The van der Waals surface area contributed by atoms with Gasteiger partial charge in [0.2, 0.25) is 0 Å². The fourth-order valence-corrected chi connectivity index (χ4v) is 1.18. The zero-order valence-electron chi connectivity index (χ0n) is 8.03. The van der Waals surface area contributed by atoms with E-state index in [2.05, 4.69) is 5.32 Å². The summed E-state index contributed by atoms with van der Waals surface area (Å²) in [5, 5.41) is 10.7. The maximum absolute atomic E-state index is 10.3. The van der Waals surface area contributed by atoms with E-state index < -0.39 is 11.6 Å². The predicted octanol–water partition coefficient (Wildman–Crippen LogP) is 1.13. The molecule has 0 spiro atoms. The Labute approximate surface area is 82.7 Å². The highest BCUT2D eigenvalue weighted by Crippen LogP contribution is 2.15. The Balaban J connectivity index is 2.70. The van der Waals surface area contributed by atoms with Crippen molar-refractivity contribution in [1.29, 1.82) is 0 Å². The molecule has 1 atom stereocenters. The molecule has 0 aliphatic rings. The topological polar surface area (TPSA) is 75.3 Å². The van der Waals surface area contributed by atoms with Gasteiger partial charge >= 0.3 is 6.09 Å². The van der Waals surface area contributed by atoms with Crippen LogP contribution in [0.15, 0.2) is 30.3 Å². The third-order valence-corrected chi connectivity index (χ3v) is 2.04. The highest BCUT2D eigenvalue weighted by atomic mass is 16.4. The largest absolute Gasteiger partial charge is 0.465 e. The number of hydrogen-bond donors (Lipinski definition) is 3. The van der Waals surface area contributed by atoms with Crippen LogP contribution in [0.1, 0.15) is 12.5 Å². The molecule has 4 nitrogen and oxygen atoms in total. The molecule has 0 aliphatic heterocycles. The molecule has 0 saturated heterocycles. The fraction of sp³-hybridized carbons (Fsp3) is 0.300. The molecule has 0 bridgehead atoms. The minimum absolute atomic E-state index is 0.201. The molecule has 4 heteroatoms. The fourth-order valence-electron chi connectivity index (χ4n) is 1.18. The van der Waals surface area contributed by atoms with Crippen molar-refractivity contribution in [2.75, 3.05) is 6.54 Å². The Morgan fingerprint density at radius 2 is 2.07 bits per heavy atom. The molecule has 1 rings (SSSR count). The highest BCUT2D eigenvalue weighted by Gasteiger charge is 2.21. The number of nitrogens with two attached hydrogens (primary N) is 1. The van der Waals surface area contributed by atoms with Crippen LogP contribution >= 0.6 is 0 Å². The van der Waals surface area contributed by atoms with Crippen LogP contribution in [0.2, 0.25) is 0 Å². The van der Waals surface area contributed by atoms with E-state index in [1.165, 1.54) is 0 Å². The maximum Gasteiger partial charge on any atom is 0.404 e. The first kappa shape index (κ1) is 10.5. The van der Waals surface area contributed by atoms with Crippen LogP contribution in [0.4, 0.5) is 4.79 Å². The minimum Gasteiger partial charge on any atom is -0.465 e. The molecule has 0 aromatic heterocycles. The smallest absolute Gasteiger partial charge is 0.404 e. The number of benzene rings is 1. The number of hydrogen-bond acceptors (Lipinski definition) is 2. The van der Waals surface area contributed by atoms with Crippen LogP contribution in [-0.2, 0) is 5.54 Å². The van der Waals surface area contributed by atoms with Gasteiger partial charge in [-0.15, -0.1) is 0 Å². The van der Waals surface area contributed by atoms with Gasteiger partial charge in [0.15, 0.2) is 0 Å². The normalized spacial score (nSPS) is 14.4. The van der Waals surface area contributed by atoms with Crippen molar-refractivity contribution in [1.82, 2.24) is 5.32 Å². The number of rotatable bonds is 3. The van der Waals surface area contributed by atoms with Crippen molar-refractivity contribution in [3.8, 4) is 0 Å². The molecule has 0 heterocycles. The molecule has 0 radical (unpaired) electrons. The van der Waals surface area contributed by atoms with Gasteiger partial charge in [-0.2, -0.15) is 0 Å². The molecule has 14 heavy (non-hydrogen) atoms. The van der Waals surface area contributed by atoms with Crippen molar-refractivity contribution >= 4 is 6.09 Å². The molecule has 1 unspecified atom stereocenters. The summed E-state index contributed by atoms with van der Waals surface area (Å²) < 4.78 is 0. The summed E-state index contributed by atoms with van der Waals surface area (Å²) in [6.45, 7) is 1.99. The lowest BCUT2D eigenvalue weighted by molar-refractivity contribution is 0.191. The van der Waals surface area contributed by atoms with E-state index in [0.29, 0.717) is 0 Å². The van der Waals surface area contributed by atoms with Crippen LogP contribution in [0.3, 0.4) is 0 Å². The van der Waals surface area contributed by atoms with Gasteiger partial charge in [0.05, 0.1) is 5.54 Å². The summed E-state index contributed by atoms with van der Waals surface area (Å²) in [6.07, 6.45) is -1.06. The number of carbonyl (C=O) groups is 1. The molecule has 4 N–H and O–H groups in total. The van der Waals surface area contributed by atoms with Gasteiger partial charge in [0.1, 0.15) is 0 Å². The number of nitrogens with one attached hydrogen (secondary N) is 1. The summed E-state index contributed by atoms with van der Waals surface area (Å²) in [4.78, 5) is 10.3. The predicted molar refractivity (Wildman–Crippen MR) is 54.0 cm³/mol. The van der Waals surface area contributed by atoms with Crippen molar-refractivity contribution in [3.05, 3.63) is 35.9 Å². The Kier molecular flexibility index (Phi) is 3.09. The van der Waals surface area contributed by atoms with Crippen molar-refractivity contribution in [2.24, 2.45) is 5.73 Å². The average Bonchev–Trinajstić information content (AvgIpc) is 2.16. The van der Waals surface area contributed by atoms with Gasteiger partial charge in [0, 0.05) is 6.54 Å². The van der Waals surface area contributed by atoms with Crippen LogP contribution in [0, 0.1) is 0 Å². The quantitative estimate of drug-likeness (QED) is 0.675. The Morgan fingerprint density at radius 3 is 2.57 bits per heavy atom. The highest BCUT2D eigenvalue weighted by molar-refractivity contribution is 5.64. The third kappa shape index (κ3) is 2.74. The molecule has 1 amide bonds. The van der Waals surface area contributed by atoms with Crippen molar-refractivity contribution < 1.29 is 9.90 Å². The lowest BCUT2D eigenvalue weighted by Crippen LogP contribution is -2.44. The SMILES string of the molecule is CC(N)(CNC(=O)O)c1ccccc1. The lowest BCUT2D eigenvalue weighted by Gasteiger charge is -2.24. The van der Waals surface area contributed by atoms with Crippen LogP contribution in [0.5, 0.6) is 0 Å². The summed E-state index contributed by atoms with van der Waals surface area (Å²) in [5.41, 5.74) is 6.20. The molecular formula is C10H14N2O2. The third-order valence-electron chi connectivity index (χ3n) is 2.04. The van der Waals surface area contributed by atoms with E-state index in [0.717, 1.165) is 5.56 Å². The number of amides is 1. The van der Waals surface area contributed by atoms with E-state index >= 15 is 0 Å². The van der Waals surface area contributed by atoms with E-state index in [-0.39, 0.29) is 6.54 Å². The van der Waals surface area contributed by atoms with Crippen LogP contribution in [0.25, 0.3) is 0 Å². The second kappa shape index (κ2) is 4.11. The molecule has 0 fully saturated rings. The van der Waals surface area contributed by atoms with E-state index in [9.17, 15) is 4.79 Å². The second-order valence-corrected chi connectivity index (χ2v) is 3.44. The van der Waals surface area contributed by atoms with Gasteiger partial charge in [-0.25, -0.2) is 4.79 Å². The van der Waals surface area contributed by atoms with E-state index in [1.807, 2.05) is 30.3 Å². The van der Waals surface area contributed by atoms with Crippen molar-refractivity contribution in [3.63, 3.8) is 0 Å². The summed E-state index contributed by atoms with van der Waals surface area (Å²) >= 11 is 0. The van der Waals surface area contributed by atoms with E-state index in [1.54, 1.807) is 6.92 Å². The first-order valence-electron chi connectivity index (χ1n) is 4.33. The first-order valence-corrected chi connectivity index (χ1v) is 4.33. The minimum atomic E-state index is -1.06. The molecule has 0 aliphatic carbocycles. The Bertz CT molecular complexity index is 309. The molecule has 0 saturated carbocycles.